The third-order valence-corrected chi connectivity index (χ3v) is 2.55. The summed E-state index contributed by atoms with van der Waals surface area (Å²) in [7, 11) is 0. The zero-order valence-corrected chi connectivity index (χ0v) is 10.6. The van der Waals surface area contributed by atoms with Gasteiger partial charge in [0, 0.05) is 5.56 Å². The highest BCUT2D eigenvalue weighted by atomic mass is 16.4. The Kier molecular flexibility index (Phi) is 4.47. The lowest BCUT2D eigenvalue weighted by atomic mass is 10.1. The molecule has 0 unspecified atom stereocenters. The molecule has 0 aromatic heterocycles. The second kappa shape index (κ2) is 5.86. The molecular formula is C14H16O5. The van der Waals surface area contributed by atoms with E-state index < -0.39 is 28.7 Å². The Hall–Kier alpha value is -2.56. The molecule has 0 heterocycles. The average molecular weight is 264 g/mol. The maximum absolute atomic E-state index is 9.01. The minimum absolute atomic E-state index is 0.0946. The van der Waals surface area contributed by atoms with Crippen LogP contribution in [0.15, 0.2) is 30.3 Å². The van der Waals surface area contributed by atoms with Crippen molar-refractivity contribution in [1.82, 2.24) is 0 Å². The van der Waals surface area contributed by atoms with E-state index in [-0.39, 0.29) is 5.56 Å². The molecule has 0 spiro atoms. The Balaban J connectivity index is 0.000000218. The van der Waals surface area contributed by atoms with Crippen molar-refractivity contribution >= 4 is 0 Å². The van der Waals surface area contributed by atoms with E-state index in [0.29, 0.717) is 0 Å². The van der Waals surface area contributed by atoms with Crippen molar-refractivity contribution in [3.8, 4) is 28.7 Å². The minimum atomic E-state index is -0.935. The fraction of sp³-hybridized carbons (Fsp3) is 0.143. The molecule has 0 saturated heterocycles. The average Bonchev–Trinajstić information content (AvgIpc) is 2.42. The van der Waals surface area contributed by atoms with Gasteiger partial charge >= 0.3 is 0 Å². The fourth-order valence-electron chi connectivity index (χ4n) is 1.34. The summed E-state index contributed by atoms with van der Waals surface area (Å²) in [5.41, 5.74) is 1.23. The molecule has 0 aliphatic carbocycles. The van der Waals surface area contributed by atoms with Crippen LogP contribution in [0.4, 0.5) is 0 Å². The third-order valence-electron chi connectivity index (χ3n) is 2.55. The summed E-state index contributed by atoms with van der Waals surface area (Å²) < 4.78 is 0. The highest BCUT2D eigenvalue weighted by molar-refractivity contribution is 5.66. The van der Waals surface area contributed by atoms with Crippen LogP contribution >= 0.6 is 0 Å². The number of aryl methyl sites for hydroxylation is 1. The van der Waals surface area contributed by atoms with E-state index in [2.05, 4.69) is 19.1 Å². The van der Waals surface area contributed by atoms with Crippen LogP contribution < -0.4 is 0 Å². The van der Waals surface area contributed by atoms with E-state index in [1.54, 1.807) is 0 Å². The predicted molar refractivity (Wildman–Crippen MR) is 70.7 cm³/mol. The fourth-order valence-corrected chi connectivity index (χ4v) is 1.34. The molecule has 102 valence electrons. The quantitative estimate of drug-likeness (QED) is 0.372. The molecule has 0 bridgehead atoms. The van der Waals surface area contributed by atoms with E-state index in [1.165, 1.54) is 12.5 Å². The van der Waals surface area contributed by atoms with Gasteiger partial charge in [0.05, 0.1) is 0 Å². The standard InChI is InChI=1S/C7H8O5.C7H8/c1-2-3(8)5(10)7(12)6(11)4(2)9;1-7-5-3-2-4-6-7/h8-12H,1H3;2-6H,1H3. The van der Waals surface area contributed by atoms with E-state index in [0.717, 1.165) is 0 Å². The predicted octanol–water partition coefficient (Wildman–Crippen LogP) is 2.52. The Morgan fingerprint density at radius 3 is 1.26 bits per heavy atom. The first-order chi connectivity index (χ1) is 8.86. The largest absolute Gasteiger partial charge is 0.504 e. The number of phenolic OH excluding ortho intramolecular Hbond substituents is 5. The van der Waals surface area contributed by atoms with Crippen LogP contribution in [-0.2, 0) is 0 Å². The van der Waals surface area contributed by atoms with Crippen molar-refractivity contribution in [2.24, 2.45) is 0 Å². The topological polar surface area (TPSA) is 101 Å². The second-order valence-electron chi connectivity index (χ2n) is 4.02. The van der Waals surface area contributed by atoms with Crippen LogP contribution in [0.2, 0.25) is 0 Å². The van der Waals surface area contributed by atoms with Gasteiger partial charge in [-0.15, -0.1) is 0 Å². The van der Waals surface area contributed by atoms with Crippen LogP contribution in [0.5, 0.6) is 28.7 Å². The second-order valence-corrected chi connectivity index (χ2v) is 4.02. The highest BCUT2D eigenvalue weighted by Crippen LogP contribution is 2.50. The van der Waals surface area contributed by atoms with Gasteiger partial charge in [-0.3, -0.25) is 0 Å². The van der Waals surface area contributed by atoms with Crippen LogP contribution in [0.1, 0.15) is 11.1 Å². The molecule has 5 nitrogen and oxygen atoms in total. The van der Waals surface area contributed by atoms with Gasteiger partial charge in [0.1, 0.15) is 0 Å². The molecule has 2 aromatic carbocycles. The third kappa shape index (κ3) is 3.22. The molecule has 0 aliphatic rings. The lowest BCUT2D eigenvalue weighted by Crippen LogP contribution is -1.80. The monoisotopic (exact) mass is 264 g/mol. The number of hydrogen-bond donors (Lipinski definition) is 5. The molecule has 5 N–H and O–H groups in total. The minimum Gasteiger partial charge on any atom is -0.504 e. The van der Waals surface area contributed by atoms with Crippen molar-refractivity contribution < 1.29 is 25.5 Å². The summed E-state index contributed by atoms with van der Waals surface area (Å²) in [4.78, 5) is 0. The summed E-state index contributed by atoms with van der Waals surface area (Å²) in [6.45, 7) is 3.36. The normalized spacial score (nSPS) is 9.58. The Morgan fingerprint density at radius 2 is 0.947 bits per heavy atom. The van der Waals surface area contributed by atoms with Crippen molar-refractivity contribution in [3.05, 3.63) is 41.5 Å². The molecule has 0 radical (unpaired) electrons. The SMILES string of the molecule is Cc1c(O)c(O)c(O)c(O)c1O.Cc1ccccc1. The molecule has 0 amide bonds. The Bertz CT molecular complexity index is 459. The molecule has 0 saturated carbocycles. The van der Waals surface area contributed by atoms with Crippen LogP contribution in [-0.4, -0.2) is 25.5 Å². The maximum atomic E-state index is 9.01. The molecule has 2 rings (SSSR count). The van der Waals surface area contributed by atoms with Crippen molar-refractivity contribution in [1.29, 1.82) is 0 Å². The van der Waals surface area contributed by atoms with E-state index in [9.17, 15) is 0 Å². The Morgan fingerprint density at radius 1 is 0.579 bits per heavy atom. The molecule has 0 atom stereocenters. The molecule has 0 fully saturated rings. The molecular weight excluding hydrogens is 248 g/mol. The summed E-state index contributed by atoms with van der Waals surface area (Å²) in [5, 5.41) is 44.7. The lowest BCUT2D eigenvalue weighted by molar-refractivity contribution is 0.325. The van der Waals surface area contributed by atoms with Gasteiger partial charge in [0.25, 0.3) is 0 Å². The van der Waals surface area contributed by atoms with Crippen LogP contribution in [0.25, 0.3) is 0 Å². The van der Waals surface area contributed by atoms with Crippen molar-refractivity contribution in [3.63, 3.8) is 0 Å². The first kappa shape index (κ1) is 14.5. The van der Waals surface area contributed by atoms with Crippen molar-refractivity contribution in [2.75, 3.05) is 0 Å². The van der Waals surface area contributed by atoms with Crippen LogP contribution in [0.3, 0.4) is 0 Å². The number of aromatic hydroxyl groups is 5. The van der Waals surface area contributed by atoms with E-state index in [4.69, 9.17) is 25.5 Å². The first-order valence-corrected chi connectivity index (χ1v) is 5.53. The zero-order valence-electron chi connectivity index (χ0n) is 10.6. The number of phenols is 5. The van der Waals surface area contributed by atoms with Gasteiger partial charge in [-0.1, -0.05) is 35.9 Å². The van der Waals surface area contributed by atoms with Gasteiger partial charge in [0.2, 0.25) is 17.2 Å². The molecule has 5 heteroatoms. The van der Waals surface area contributed by atoms with Crippen LogP contribution in [0, 0.1) is 13.8 Å². The Labute approximate surface area is 110 Å². The van der Waals surface area contributed by atoms with Gasteiger partial charge in [-0.2, -0.15) is 0 Å². The maximum Gasteiger partial charge on any atom is 0.208 e. The van der Waals surface area contributed by atoms with Gasteiger partial charge < -0.3 is 25.5 Å². The number of hydrogen-bond acceptors (Lipinski definition) is 5. The molecule has 2 aromatic rings. The smallest absolute Gasteiger partial charge is 0.208 e. The van der Waals surface area contributed by atoms with Gasteiger partial charge in [-0.25, -0.2) is 0 Å². The summed E-state index contributed by atoms with van der Waals surface area (Å²) in [6, 6.07) is 10.3. The lowest BCUT2D eigenvalue weighted by Gasteiger charge is -2.08. The van der Waals surface area contributed by atoms with Gasteiger partial charge in [-0.05, 0) is 13.8 Å². The first-order valence-electron chi connectivity index (χ1n) is 5.53. The van der Waals surface area contributed by atoms with E-state index in [1.807, 2.05) is 18.2 Å². The van der Waals surface area contributed by atoms with Crippen molar-refractivity contribution in [2.45, 2.75) is 13.8 Å². The number of rotatable bonds is 0. The highest BCUT2D eigenvalue weighted by Gasteiger charge is 2.19. The summed E-state index contributed by atoms with van der Waals surface area (Å²) >= 11 is 0. The summed E-state index contributed by atoms with van der Waals surface area (Å²) in [5.74, 6) is -3.92. The van der Waals surface area contributed by atoms with Gasteiger partial charge in [0.15, 0.2) is 11.5 Å². The summed E-state index contributed by atoms with van der Waals surface area (Å²) in [6.07, 6.45) is 0. The molecule has 0 aliphatic heterocycles. The number of benzene rings is 2. The zero-order chi connectivity index (χ0) is 14.6. The van der Waals surface area contributed by atoms with E-state index >= 15 is 0 Å². The molecule has 19 heavy (non-hydrogen) atoms.